The summed E-state index contributed by atoms with van der Waals surface area (Å²) in [4.78, 5) is 22.3. The third-order valence-electron chi connectivity index (χ3n) is 7.07. The van der Waals surface area contributed by atoms with Crippen molar-refractivity contribution in [1.29, 1.82) is 0 Å². The molecule has 3 N–H and O–H groups in total. The van der Waals surface area contributed by atoms with Gasteiger partial charge in [0.1, 0.15) is 29.3 Å². The number of rotatable bonds is 8. The van der Waals surface area contributed by atoms with Crippen molar-refractivity contribution in [2.24, 2.45) is 0 Å². The van der Waals surface area contributed by atoms with Gasteiger partial charge in [-0.1, -0.05) is 49.2 Å². The van der Waals surface area contributed by atoms with Gasteiger partial charge in [-0.3, -0.25) is 9.52 Å². The summed E-state index contributed by atoms with van der Waals surface area (Å²) in [7, 11) is -3.97. The Labute approximate surface area is 231 Å². The van der Waals surface area contributed by atoms with Crippen molar-refractivity contribution in [2.45, 2.75) is 36.6 Å². The molecule has 1 saturated carbocycles. The molecule has 6 rings (SSSR count). The predicted molar refractivity (Wildman–Crippen MR) is 153 cm³/mol. The van der Waals surface area contributed by atoms with E-state index in [1.165, 1.54) is 24.5 Å². The highest BCUT2D eigenvalue weighted by molar-refractivity contribution is 7.92. The third-order valence-corrected chi connectivity index (χ3v) is 8.45. The highest BCUT2D eigenvalue weighted by atomic mass is 32.2. The van der Waals surface area contributed by atoms with Crippen molar-refractivity contribution >= 4 is 38.3 Å². The summed E-state index contributed by atoms with van der Waals surface area (Å²) in [6.45, 7) is 0. The number of hydrogen-bond donors (Lipinski definition) is 2. The van der Waals surface area contributed by atoms with Crippen molar-refractivity contribution in [3.05, 3.63) is 103 Å². The number of para-hydroxylation sites is 1. The number of nitrogens with zero attached hydrogens (tertiary/aromatic N) is 3. The molecule has 0 atom stereocenters. The van der Waals surface area contributed by atoms with Crippen LogP contribution in [0.5, 0.6) is 11.5 Å². The normalized spacial score (nSPS) is 13.9. The first kappa shape index (κ1) is 25.6. The molecule has 5 aromatic rings. The van der Waals surface area contributed by atoms with Gasteiger partial charge in [-0.2, -0.15) is 0 Å². The molecule has 2 aromatic heterocycles. The second-order valence-corrected chi connectivity index (χ2v) is 11.4. The number of nitrogens with two attached hydrogens (primary N) is 1. The number of carbonyl (C=O) groups excluding carboxylic acids is 1. The van der Waals surface area contributed by atoms with E-state index in [0.29, 0.717) is 33.7 Å². The largest absolute Gasteiger partial charge is 0.457 e. The van der Waals surface area contributed by atoms with Crippen LogP contribution in [0.1, 0.15) is 47.6 Å². The fourth-order valence-corrected chi connectivity index (χ4v) is 6.25. The summed E-state index contributed by atoms with van der Waals surface area (Å²) in [6, 6.07) is 22.0. The molecule has 3 aromatic carbocycles. The maximum atomic E-state index is 13.7. The van der Waals surface area contributed by atoms with E-state index in [0.717, 1.165) is 25.7 Å². The average Bonchev–Trinajstić information content (AvgIpc) is 3.62. The Bertz CT molecular complexity index is 1810. The molecule has 0 spiro atoms. The fourth-order valence-electron chi connectivity index (χ4n) is 5.16. The lowest BCUT2D eigenvalue weighted by molar-refractivity contribution is 0.104. The van der Waals surface area contributed by atoms with Gasteiger partial charge in [0, 0.05) is 29.6 Å². The van der Waals surface area contributed by atoms with Crippen LogP contribution < -0.4 is 15.2 Å². The van der Waals surface area contributed by atoms with Crippen LogP contribution in [0, 0.1) is 0 Å². The molecule has 1 aliphatic carbocycles. The van der Waals surface area contributed by atoms with Gasteiger partial charge in [-0.25, -0.2) is 18.4 Å². The summed E-state index contributed by atoms with van der Waals surface area (Å²) in [5, 5.41) is 0.514. The molecule has 0 bridgehead atoms. The monoisotopic (exact) mass is 553 g/mol. The lowest BCUT2D eigenvalue weighted by Crippen LogP contribution is -2.13. The molecule has 1 fully saturated rings. The molecule has 0 aliphatic heterocycles. The van der Waals surface area contributed by atoms with E-state index >= 15 is 0 Å². The molecule has 10 heteroatoms. The average molecular weight is 554 g/mol. The van der Waals surface area contributed by atoms with Gasteiger partial charge < -0.3 is 15.0 Å². The minimum absolute atomic E-state index is 0.0298. The lowest BCUT2D eigenvalue weighted by atomic mass is 10.0. The summed E-state index contributed by atoms with van der Waals surface area (Å²) in [6.07, 6.45) is 7.48. The number of ether oxygens (including phenoxy) is 1. The van der Waals surface area contributed by atoms with Crippen LogP contribution in [0.3, 0.4) is 0 Å². The molecule has 1 aliphatic rings. The van der Waals surface area contributed by atoms with Crippen molar-refractivity contribution in [2.75, 3.05) is 10.5 Å². The second kappa shape index (κ2) is 10.5. The number of fused-ring (bicyclic) bond motifs is 1. The van der Waals surface area contributed by atoms with E-state index in [1.54, 1.807) is 42.5 Å². The zero-order valence-electron chi connectivity index (χ0n) is 21.5. The van der Waals surface area contributed by atoms with E-state index < -0.39 is 10.0 Å². The van der Waals surface area contributed by atoms with Crippen LogP contribution in [0.2, 0.25) is 0 Å². The van der Waals surface area contributed by atoms with Gasteiger partial charge >= 0.3 is 0 Å². The maximum absolute atomic E-state index is 13.7. The first-order valence-electron chi connectivity index (χ1n) is 13.0. The molecule has 0 amide bonds. The number of anilines is 2. The number of hydrogen-bond acceptors (Lipinski definition) is 7. The third kappa shape index (κ3) is 5.01. The summed E-state index contributed by atoms with van der Waals surface area (Å²) in [5.41, 5.74) is 7.80. The van der Waals surface area contributed by atoms with E-state index in [2.05, 4.69) is 14.7 Å². The number of nitrogens with one attached hydrogen (secondary N) is 1. The topological polar surface area (TPSA) is 129 Å². The molecule has 0 radical (unpaired) electrons. The molecule has 0 saturated heterocycles. The standard InChI is InChI=1S/C30H27N5O4S/c31-29-27-26(18-35(22-10-4-5-11-22)30(27)33-19-32-29)28(36)20-8-6-9-21(16-20)34-40(37,38)25-15-7-14-24(17-25)39-23-12-2-1-3-13-23/h1-3,6-9,12-19,22,34H,4-5,10-11H2,(H2,31,32,33). The Morgan fingerprint density at radius 1 is 0.925 bits per heavy atom. The Hall–Kier alpha value is -4.70. The van der Waals surface area contributed by atoms with Gasteiger partial charge in [-0.05, 0) is 49.2 Å². The summed E-state index contributed by atoms with van der Waals surface area (Å²) >= 11 is 0. The number of benzene rings is 3. The quantitative estimate of drug-likeness (QED) is 0.227. The summed E-state index contributed by atoms with van der Waals surface area (Å²) in [5.74, 6) is 0.926. The predicted octanol–water partition coefficient (Wildman–Crippen LogP) is 5.95. The number of ketones is 1. The van der Waals surface area contributed by atoms with E-state index in [-0.39, 0.29) is 28.2 Å². The molecular weight excluding hydrogens is 526 g/mol. The number of nitrogen functional groups attached to an aromatic ring is 1. The smallest absolute Gasteiger partial charge is 0.262 e. The Kier molecular flexibility index (Phi) is 6.69. The van der Waals surface area contributed by atoms with Crippen LogP contribution in [0.25, 0.3) is 11.0 Å². The van der Waals surface area contributed by atoms with Crippen LogP contribution in [0.15, 0.2) is 96.3 Å². The first-order chi connectivity index (χ1) is 19.4. The molecule has 9 nitrogen and oxygen atoms in total. The van der Waals surface area contributed by atoms with Gasteiger partial charge in [0.05, 0.1) is 15.8 Å². The van der Waals surface area contributed by atoms with Gasteiger partial charge in [0.15, 0.2) is 5.78 Å². The van der Waals surface area contributed by atoms with Crippen molar-refractivity contribution in [1.82, 2.24) is 14.5 Å². The Balaban J connectivity index is 1.28. The highest BCUT2D eigenvalue weighted by Gasteiger charge is 2.26. The van der Waals surface area contributed by atoms with Crippen molar-refractivity contribution in [3.8, 4) is 11.5 Å². The Morgan fingerprint density at radius 2 is 1.68 bits per heavy atom. The molecule has 2 heterocycles. The highest BCUT2D eigenvalue weighted by Crippen LogP contribution is 2.36. The van der Waals surface area contributed by atoms with Gasteiger partial charge in [-0.15, -0.1) is 0 Å². The van der Waals surface area contributed by atoms with Gasteiger partial charge in [0.25, 0.3) is 10.0 Å². The van der Waals surface area contributed by atoms with Crippen LogP contribution in [-0.4, -0.2) is 28.7 Å². The second-order valence-electron chi connectivity index (χ2n) is 9.75. The number of carbonyl (C=O) groups is 1. The minimum Gasteiger partial charge on any atom is -0.457 e. The molecule has 40 heavy (non-hydrogen) atoms. The molecule has 202 valence electrons. The fraction of sp³-hybridized carbons (Fsp3) is 0.167. The van der Waals surface area contributed by atoms with Crippen LogP contribution >= 0.6 is 0 Å². The zero-order valence-corrected chi connectivity index (χ0v) is 22.3. The number of aromatic nitrogens is 3. The lowest BCUT2D eigenvalue weighted by Gasteiger charge is -2.12. The van der Waals surface area contributed by atoms with Crippen LogP contribution in [0.4, 0.5) is 11.5 Å². The SMILES string of the molecule is Nc1ncnc2c1c(C(=O)c1cccc(NS(=O)(=O)c3cccc(Oc4ccccc4)c3)c1)cn2C1CCCC1. The van der Waals surface area contributed by atoms with Gasteiger partial charge in [0.2, 0.25) is 0 Å². The van der Waals surface area contributed by atoms with Crippen molar-refractivity contribution in [3.63, 3.8) is 0 Å². The minimum atomic E-state index is -3.97. The van der Waals surface area contributed by atoms with Crippen molar-refractivity contribution < 1.29 is 17.9 Å². The Morgan fingerprint density at radius 3 is 2.48 bits per heavy atom. The number of sulfonamides is 1. The maximum Gasteiger partial charge on any atom is 0.262 e. The summed E-state index contributed by atoms with van der Waals surface area (Å²) < 4.78 is 36.9. The van der Waals surface area contributed by atoms with E-state index in [1.807, 2.05) is 29.0 Å². The first-order valence-corrected chi connectivity index (χ1v) is 14.5. The molecule has 0 unspecified atom stereocenters. The van der Waals surface area contributed by atoms with E-state index in [4.69, 9.17) is 10.5 Å². The van der Waals surface area contributed by atoms with E-state index in [9.17, 15) is 13.2 Å². The van der Waals surface area contributed by atoms with Crippen LogP contribution in [-0.2, 0) is 10.0 Å². The zero-order chi connectivity index (χ0) is 27.7. The molecular formula is C30H27N5O4S.